The summed E-state index contributed by atoms with van der Waals surface area (Å²) in [6.07, 6.45) is 2.26. The van der Waals surface area contributed by atoms with E-state index in [1.54, 1.807) is 6.26 Å². The number of amides is 3. The van der Waals surface area contributed by atoms with E-state index in [9.17, 15) is 9.59 Å². The first-order valence-electron chi connectivity index (χ1n) is 8.50. The predicted molar refractivity (Wildman–Crippen MR) is 92.1 cm³/mol. The maximum absolute atomic E-state index is 13.2. The number of hydrogen-bond donors (Lipinski definition) is 1. The number of hydrogen-bond acceptors (Lipinski definition) is 4. The van der Waals surface area contributed by atoms with Crippen molar-refractivity contribution in [2.45, 2.75) is 17.9 Å². The third kappa shape index (κ3) is 2.62. The Balaban J connectivity index is 1.57. The predicted octanol–water partition coefficient (Wildman–Crippen LogP) is 1.84. The first-order valence-corrected chi connectivity index (χ1v) is 8.50. The van der Waals surface area contributed by atoms with E-state index in [-0.39, 0.29) is 17.9 Å². The highest BCUT2D eigenvalue weighted by molar-refractivity contribution is 6.08. The molecule has 2 aliphatic rings. The lowest BCUT2D eigenvalue weighted by atomic mass is 9.85. The summed E-state index contributed by atoms with van der Waals surface area (Å²) in [7, 11) is 1.96. The summed E-state index contributed by atoms with van der Waals surface area (Å²) < 4.78 is 5.55. The first kappa shape index (κ1) is 15.9. The van der Waals surface area contributed by atoms with E-state index in [0.29, 0.717) is 26.1 Å². The van der Waals surface area contributed by atoms with Crippen molar-refractivity contribution in [3.8, 4) is 0 Å². The van der Waals surface area contributed by atoms with Gasteiger partial charge in [0.15, 0.2) is 0 Å². The highest BCUT2D eigenvalue weighted by atomic mass is 16.3. The van der Waals surface area contributed by atoms with Crippen LogP contribution in [0.5, 0.6) is 0 Å². The Morgan fingerprint density at radius 2 is 2.00 bits per heavy atom. The zero-order valence-electron chi connectivity index (χ0n) is 14.1. The molecule has 2 saturated heterocycles. The topological polar surface area (TPSA) is 65.8 Å². The Bertz CT molecular complexity index is 774. The molecule has 2 fully saturated rings. The molecule has 1 N–H and O–H groups in total. The molecule has 0 bridgehead atoms. The summed E-state index contributed by atoms with van der Waals surface area (Å²) in [5.74, 6) is 0.410. The second-order valence-electron chi connectivity index (χ2n) is 6.86. The van der Waals surface area contributed by atoms with Gasteiger partial charge in [-0.3, -0.25) is 9.69 Å². The summed E-state index contributed by atoms with van der Waals surface area (Å²) >= 11 is 0. The monoisotopic (exact) mass is 339 g/mol. The van der Waals surface area contributed by atoms with Gasteiger partial charge in [-0.15, -0.1) is 0 Å². The van der Waals surface area contributed by atoms with E-state index in [4.69, 9.17) is 4.42 Å². The minimum Gasteiger partial charge on any atom is -0.469 e. The lowest BCUT2D eigenvalue weighted by Crippen LogP contribution is -2.52. The minimum atomic E-state index is -0.930. The van der Waals surface area contributed by atoms with Crippen LogP contribution in [0, 0.1) is 0 Å². The largest absolute Gasteiger partial charge is 0.469 e. The molecule has 0 unspecified atom stereocenters. The number of rotatable bonds is 4. The van der Waals surface area contributed by atoms with Crippen LogP contribution in [0.2, 0.25) is 0 Å². The Morgan fingerprint density at radius 1 is 1.20 bits per heavy atom. The molecule has 4 rings (SSSR count). The van der Waals surface area contributed by atoms with Crippen LogP contribution < -0.4 is 5.32 Å². The molecule has 2 atom stereocenters. The minimum absolute atomic E-state index is 0.154. The summed E-state index contributed by atoms with van der Waals surface area (Å²) in [6.45, 7) is 1.54. The average molecular weight is 339 g/mol. The molecule has 6 nitrogen and oxygen atoms in total. The quantitative estimate of drug-likeness (QED) is 0.863. The molecule has 3 amide bonds. The maximum atomic E-state index is 13.2. The molecule has 1 aromatic carbocycles. The number of likely N-dealkylation sites (tertiary alicyclic amines) is 1. The van der Waals surface area contributed by atoms with Crippen molar-refractivity contribution in [1.82, 2.24) is 15.1 Å². The van der Waals surface area contributed by atoms with Gasteiger partial charge < -0.3 is 14.6 Å². The van der Waals surface area contributed by atoms with Gasteiger partial charge in [-0.05, 0) is 31.2 Å². The Morgan fingerprint density at radius 3 is 2.72 bits per heavy atom. The van der Waals surface area contributed by atoms with Gasteiger partial charge in [0.1, 0.15) is 11.3 Å². The first-order chi connectivity index (χ1) is 12.1. The van der Waals surface area contributed by atoms with Gasteiger partial charge in [-0.25, -0.2) is 4.79 Å². The van der Waals surface area contributed by atoms with Gasteiger partial charge in [0, 0.05) is 19.6 Å². The Hall–Kier alpha value is -2.60. The number of furan rings is 1. The molecular formula is C19H21N3O3. The summed E-state index contributed by atoms with van der Waals surface area (Å²) in [6, 6.07) is 13.3. The molecular weight excluding hydrogens is 318 g/mol. The van der Waals surface area contributed by atoms with Gasteiger partial charge in [-0.2, -0.15) is 0 Å². The summed E-state index contributed by atoms with van der Waals surface area (Å²) in [4.78, 5) is 29.1. The smallest absolute Gasteiger partial charge is 0.325 e. The summed E-state index contributed by atoms with van der Waals surface area (Å²) in [5.41, 5.74) is 0.176. The standard InChI is InChI=1S/C19H21N3O3/c1-21-12-15(16-8-5-11-25-16)19(13-21)17(23)22(18(24)20-19)10-9-14-6-3-2-4-7-14/h2-8,11,15H,9-10,12-13H2,1H3,(H,20,24)/t15-,19-/m0/s1. The molecule has 6 heteroatoms. The number of carbonyl (C=O) groups is 2. The third-order valence-electron chi connectivity index (χ3n) is 5.16. The molecule has 25 heavy (non-hydrogen) atoms. The Labute approximate surface area is 146 Å². The highest BCUT2D eigenvalue weighted by Gasteiger charge is 2.60. The molecule has 0 saturated carbocycles. The van der Waals surface area contributed by atoms with Crippen LogP contribution in [-0.4, -0.2) is 54.0 Å². The highest BCUT2D eigenvalue weighted by Crippen LogP contribution is 2.39. The second-order valence-corrected chi connectivity index (χ2v) is 6.86. The zero-order chi connectivity index (χ0) is 17.4. The van der Waals surface area contributed by atoms with Crippen LogP contribution in [0.1, 0.15) is 17.2 Å². The van der Waals surface area contributed by atoms with Crippen molar-refractivity contribution >= 4 is 11.9 Å². The maximum Gasteiger partial charge on any atom is 0.325 e. The second kappa shape index (κ2) is 6.04. The van der Waals surface area contributed by atoms with Crippen molar-refractivity contribution in [1.29, 1.82) is 0 Å². The molecule has 3 heterocycles. The van der Waals surface area contributed by atoms with Gasteiger partial charge in [0.05, 0.1) is 12.2 Å². The van der Waals surface area contributed by atoms with Crippen LogP contribution in [0.15, 0.2) is 53.1 Å². The normalized spacial score (nSPS) is 26.6. The number of benzene rings is 1. The van der Waals surface area contributed by atoms with Gasteiger partial charge in [0.2, 0.25) is 0 Å². The molecule has 1 aromatic heterocycles. The van der Waals surface area contributed by atoms with Crippen molar-refractivity contribution in [3.05, 3.63) is 60.1 Å². The van der Waals surface area contributed by atoms with E-state index in [1.165, 1.54) is 4.90 Å². The molecule has 2 aliphatic heterocycles. The number of nitrogens with zero attached hydrogens (tertiary/aromatic N) is 2. The zero-order valence-corrected chi connectivity index (χ0v) is 14.1. The number of urea groups is 1. The van der Waals surface area contributed by atoms with Crippen molar-refractivity contribution < 1.29 is 14.0 Å². The lowest BCUT2D eigenvalue weighted by molar-refractivity contribution is -0.131. The number of likely N-dealkylation sites (N-methyl/N-ethyl adjacent to an activating group) is 1. The fourth-order valence-corrected chi connectivity index (χ4v) is 3.97. The number of carbonyl (C=O) groups excluding carboxylic acids is 2. The van der Waals surface area contributed by atoms with Gasteiger partial charge >= 0.3 is 6.03 Å². The van der Waals surface area contributed by atoms with E-state index >= 15 is 0 Å². The van der Waals surface area contributed by atoms with E-state index in [0.717, 1.165) is 11.3 Å². The van der Waals surface area contributed by atoms with Crippen LogP contribution in [0.25, 0.3) is 0 Å². The SMILES string of the molecule is CN1C[C@@H](c2ccco2)[C@]2(C1)NC(=O)N(CCc1ccccc1)C2=O. The fourth-order valence-electron chi connectivity index (χ4n) is 3.97. The van der Waals surface area contributed by atoms with E-state index in [1.807, 2.05) is 49.5 Å². The van der Waals surface area contributed by atoms with Crippen LogP contribution >= 0.6 is 0 Å². The molecule has 130 valence electrons. The van der Waals surface area contributed by atoms with Crippen molar-refractivity contribution in [2.75, 3.05) is 26.7 Å². The molecule has 0 aliphatic carbocycles. The van der Waals surface area contributed by atoms with Crippen LogP contribution in [0.3, 0.4) is 0 Å². The van der Waals surface area contributed by atoms with Crippen LogP contribution in [-0.2, 0) is 11.2 Å². The number of nitrogens with one attached hydrogen (secondary N) is 1. The fraction of sp³-hybridized carbons (Fsp3) is 0.368. The summed E-state index contributed by atoms with van der Waals surface area (Å²) in [5, 5.41) is 2.97. The average Bonchev–Trinajstić information content (AvgIpc) is 3.28. The Kier molecular flexibility index (Phi) is 3.84. The van der Waals surface area contributed by atoms with Crippen molar-refractivity contribution in [2.24, 2.45) is 0 Å². The van der Waals surface area contributed by atoms with E-state index in [2.05, 4.69) is 10.2 Å². The van der Waals surface area contributed by atoms with Gasteiger partial charge in [-0.1, -0.05) is 30.3 Å². The molecule has 1 spiro atoms. The van der Waals surface area contributed by atoms with Crippen LogP contribution in [0.4, 0.5) is 4.79 Å². The molecule has 0 radical (unpaired) electrons. The van der Waals surface area contributed by atoms with Crippen molar-refractivity contribution in [3.63, 3.8) is 0 Å². The van der Waals surface area contributed by atoms with Gasteiger partial charge in [0.25, 0.3) is 5.91 Å². The van der Waals surface area contributed by atoms with E-state index < -0.39 is 5.54 Å². The number of imide groups is 1. The lowest BCUT2D eigenvalue weighted by Gasteiger charge is -2.26. The molecule has 2 aromatic rings. The third-order valence-corrected chi connectivity index (χ3v) is 5.16.